The third-order valence-corrected chi connectivity index (χ3v) is 3.25. The lowest BCUT2D eigenvalue weighted by Gasteiger charge is -2.22. The maximum Gasteiger partial charge on any atom is 0.200 e. The molecule has 1 atom stereocenters. The van der Waals surface area contributed by atoms with Crippen LogP contribution in [0.25, 0.3) is 0 Å². The molecule has 27 heavy (non-hydrogen) atoms. The van der Waals surface area contributed by atoms with Gasteiger partial charge in [0.15, 0.2) is 35.3 Å². The average molecular weight is 388 g/mol. The van der Waals surface area contributed by atoms with Crippen molar-refractivity contribution in [1.82, 2.24) is 5.48 Å². The molecule has 0 fully saturated rings. The van der Waals surface area contributed by atoms with Crippen molar-refractivity contribution in [2.45, 2.75) is 32.6 Å². The van der Waals surface area contributed by atoms with Crippen LogP contribution in [0.2, 0.25) is 0 Å². The predicted octanol–water partition coefficient (Wildman–Crippen LogP) is 4.14. The Hall–Kier alpha value is -2.52. The third-order valence-electron chi connectivity index (χ3n) is 3.25. The highest BCUT2D eigenvalue weighted by atomic mass is 19.2. The minimum atomic E-state index is -2.30. The van der Waals surface area contributed by atoms with E-state index in [2.05, 4.69) is 10.5 Å². The van der Waals surface area contributed by atoms with E-state index in [1.165, 1.54) is 12.1 Å². The Bertz CT molecular complexity index is 822. The Morgan fingerprint density at radius 2 is 1.41 bits per heavy atom. The summed E-state index contributed by atoms with van der Waals surface area (Å²) in [6.45, 7) is 4.72. The first-order chi connectivity index (χ1) is 12.5. The van der Waals surface area contributed by atoms with Gasteiger partial charge in [-0.2, -0.15) is 0 Å². The molecule has 146 valence electrons. The van der Waals surface area contributed by atoms with Gasteiger partial charge >= 0.3 is 0 Å². The van der Waals surface area contributed by atoms with E-state index in [-0.39, 0.29) is 5.56 Å². The molecule has 0 aliphatic rings. The van der Waals surface area contributed by atoms with Crippen molar-refractivity contribution in [3.05, 3.63) is 70.5 Å². The summed E-state index contributed by atoms with van der Waals surface area (Å²) in [5.74, 6) is -11.6. The summed E-state index contributed by atoms with van der Waals surface area (Å²) >= 11 is 0. The van der Waals surface area contributed by atoms with Crippen molar-refractivity contribution in [3.8, 4) is 0 Å². The molecule has 0 saturated carbocycles. The molecule has 2 N–H and O–H groups in total. The first-order valence-corrected chi connectivity index (χ1v) is 7.79. The Kier molecular flexibility index (Phi) is 6.17. The second kappa shape index (κ2) is 8.01. The van der Waals surface area contributed by atoms with Crippen LogP contribution in [0.15, 0.2) is 35.3 Å². The van der Waals surface area contributed by atoms with E-state index in [4.69, 9.17) is 4.84 Å². The maximum absolute atomic E-state index is 14.1. The van der Waals surface area contributed by atoms with E-state index in [0.717, 1.165) is 0 Å². The average Bonchev–Trinajstić information content (AvgIpc) is 2.62. The lowest BCUT2D eigenvalue weighted by Crippen LogP contribution is -2.36. The summed E-state index contributed by atoms with van der Waals surface area (Å²) < 4.78 is 68.7. The number of benzene rings is 2. The maximum atomic E-state index is 14.1. The van der Waals surface area contributed by atoms with Gasteiger partial charge in [0.25, 0.3) is 0 Å². The Morgan fingerprint density at radius 1 is 0.926 bits per heavy atom. The van der Waals surface area contributed by atoms with Crippen LogP contribution in [0.5, 0.6) is 0 Å². The minimum absolute atomic E-state index is 0.233. The Balaban J connectivity index is 2.59. The van der Waals surface area contributed by atoms with E-state index in [1.54, 1.807) is 39.0 Å². The lowest BCUT2D eigenvalue weighted by atomic mass is 10.1. The van der Waals surface area contributed by atoms with Crippen LogP contribution >= 0.6 is 0 Å². The number of amidine groups is 1. The summed E-state index contributed by atoms with van der Waals surface area (Å²) in [6, 6.07) is 7.74. The number of nitrogens with zero attached hydrogens (tertiary/aromatic N) is 1. The van der Waals surface area contributed by atoms with Crippen LogP contribution in [0.3, 0.4) is 0 Å². The van der Waals surface area contributed by atoms with Gasteiger partial charge in [-0.1, -0.05) is 30.3 Å². The smallest absolute Gasteiger partial charge is 0.200 e. The molecular weight excluding hydrogens is 371 g/mol. The van der Waals surface area contributed by atoms with Gasteiger partial charge in [-0.3, -0.25) is 4.84 Å². The normalized spacial score (nSPS) is 13.6. The fraction of sp³-hybridized carbons (Fsp3) is 0.278. The van der Waals surface area contributed by atoms with E-state index >= 15 is 0 Å². The molecule has 4 nitrogen and oxygen atoms in total. The largest absolute Gasteiger partial charge is 0.368 e. The molecule has 0 aliphatic carbocycles. The number of halogens is 5. The van der Waals surface area contributed by atoms with Crippen molar-refractivity contribution in [2.24, 2.45) is 4.99 Å². The highest BCUT2D eigenvalue weighted by Crippen LogP contribution is 2.25. The van der Waals surface area contributed by atoms with Crippen LogP contribution < -0.4 is 5.48 Å². The topological polar surface area (TPSA) is 53.8 Å². The fourth-order valence-corrected chi connectivity index (χ4v) is 1.98. The number of hydrogen-bond acceptors (Lipinski definition) is 3. The summed E-state index contributed by atoms with van der Waals surface area (Å²) in [6.07, 6.45) is -1.65. The molecule has 2 rings (SSSR count). The SMILES string of the molecule is CC(C)(C)ON/C(=N\C(O)c1ccccc1)c1c(F)c(F)c(F)c(F)c1F. The second-order valence-corrected chi connectivity index (χ2v) is 6.52. The number of aliphatic hydroxyl groups is 1. The van der Waals surface area contributed by atoms with Crippen molar-refractivity contribution in [2.75, 3.05) is 0 Å². The van der Waals surface area contributed by atoms with Crippen molar-refractivity contribution >= 4 is 5.84 Å². The van der Waals surface area contributed by atoms with Crippen molar-refractivity contribution in [3.63, 3.8) is 0 Å². The van der Waals surface area contributed by atoms with Crippen LogP contribution in [-0.2, 0) is 4.84 Å². The number of hydrogen-bond donors (Lipinski definition) is 2. The van der Waals surface area contributed by atoms with Gasteiger partial charge in [-0.15, -0.1) is 0 Å². The van der Waals surface area contributed by atoms with E-state index in [1.807, 2.05) is 0 Å². The molecule has 2 aromatic carbocycles. The lowest BCUT2D eigenvalue weighted by molar-refractivity contribution is -0.0429. The molecule has 0 aliphatic heterocycles. The molecule has 2 aromatic rings. The zero-order valence-corrected chi connectivity index (χ0v) is 14.7. The molecular formula is C18H17F5N2O2. The molecule has 0 spiro atoms. The number of aliphatic hydroxyl groups excluding tert-OH is 1. The van der Waals surface area contributed by atoms with E-state index < -0.39 is 52.3 Å². The summed E-state index contributed by atoms with van der Waals surface area (Å²) in [5, 5.41) is 10.2. The zero-order valence-electron chi connectivity index (χ0n) is 14.7. The predicted molar refractivity (Wildman–Crippen MR) is 88.1 cm³/mol. The van der Waals surface area contributed by atoms with Crippen LogP contribution in [-0.4, -0.2) is 16.5 Å². The Morgan fingerprint density at radius 3 is 1.89 bits per heavy atom. The summed E-state index contributed by atoms with van der Waals surface area (Å²) in [5.41, 5.74) is 0.0770. The van der Waals surface area contributed by atoms with E-state index in [0.29, 0.717) is 0 Å². The molecule has 0 radical (unpaired) electrons. The first-order valence-electron chi connectivity index (χ1n) is 7.79. The number of aliphatic imine (C=N–C) groups is 1. The molecule has 0 saturated heterocycles. The fourth-order valence-electron chi connectivity index (χ4n) is 1.98. The van der Waals surface area contributed by atoms with E-state index in [9.17, 15) is 27.1 Å². The molecule has 0 aromatic heterocycles. The summed E-state index contributed by atoms with van der Waals surface area (Å²) in [7, 11) is 0. The molecule has 9 heteroatoms. The van der Waals surface area contributed by atoms with Crippen molar-refractivity contribution in [1.29, 1.82) is 0 Å². The number of rotatable bonds is 4. The first kappa shape index (κ1) is 20.8. The van der Waals surface area contributed by atoms with Gasteiger partial charge in [0.05, 0.1) is 11.2 Å². The standard InChI is InChI=1S/C18H17F5N2O2/c1-18(2,3)27-25-16(24-17(26)9-7-5-4-6-8-9)10-11(19)13(21)15(23)14(22)12(10)20/h4-8,17,26H,1-3H3,(H,24,25). The van der Waals surface area contributed by atoms with Gasteiger partial charge in [-0.05, 0) is 20.8 Å². The van der Waals surface area contributed by atoms with Crippen molar-refractivity contribution < 1.29 is 31.9 Å². The minimum Gasteiger partial charge on any atom is -0.368 e. The third kappa shape index (κ3) is 4.81. The van der Waals surface area contributed by atoms with Gasteiger partial charge in [0.2, 0.25) is 5.82 Å². The second-order valence-electron chi connectivity index (χ2n) is 6.52. The van der Waals surface area contributed by atoms with Gasteiger partial charge in [0, 0.05) is 5.56 Å². The highest BCUT2D eigenvalue weighted by molar-refractivity contribution is 5.98. The number of nitrogens with one attached hydrogen (secondary N) is 1. The monoisotopic (exact) mass is 388 g/mol. The summed E-state index contributed by atoms with van der Waals surface area (Å²) in [4.78, 5) is 8.79. The van der Waals surface area contributed by atoms with Gasteiger partial charge in [-0.25, -0.2) is 32.4 Å². The van der Waals surface area contributed by atoms with Gasteiger partial charge < -0.3 is 5.11 Å². The van der Waals surface area contributed by atoms with Crippen LogP contribution in [0.1, 0.15) is 38.1 Å². The van der Waals surface area contributed by atoms with Crippen LogP contribution in [0, 0.1) is 29.1 Å². The molecule has 1 unspecified atom stereocenters. The quantitative estimate of drug-likeness (QED) is 0.207. The molecule has 0 amide bonds. The van der Waals surface area contributed by atoms with Gasteiger partial charge in [0.1, 0.15) is 0 Å². The molecule has 0 bridgehead atoms. The highest BCUT2D eigenvalue weighted by Gasteiger charge is 2.30. The molecule has 0 heterocycles. The Labute approximate surface area is 152 Å². The zero-order chi connectivity index (χ0) is 20.4. The van der Waals surface area contributed by atoms with Crippen LogP contribution in [0.4, 0.5) is 22.0 Å². The number of hydroxylamine groups is 1.